The molecule has 0 N–H and O–H groups in total. The van der Waals surface area contributed by atoms with Gasteiger partial charge in [0.2, 0.25) is 0 Å². The van der Waals surface area contributed by atoms with E-state index in [1.54, 1.807) is 0 Å². The van der Waals surface area contributed by atoms with Crippen LogP contribution in [0.3, 0.4) is 0 Å². The Morgan fingerprint density at radius 1 is 1.36 bits per heavy atom. The molecule has 0 atom stereocenters. The third-order valence-corrected chi connectivity index (χ3v) is 1.91. The van der Waals surface area contributed by atoms with Crippen molar-refractivity contribution in [3.05, 3.63) is 35.9 Å². The lowest BCUT2D eigenvalue weighted by Crippen LogP contribution is -1.73. The molecule has 0 aliphatic heterocycles. The summed E-state index contributed by atoms with van der Waals surface area (Å²) >= 11 is 9.77. The Morgan fingerprint density at radius 2 is 2.09 bits per heavy atom. The van der Waals surface area contributed by atoms with Crippen LogP contribution in [0.5, 0.6) is 0 Å². The molecule has 0 saturated heterocycles. The second-order valence-electron chi connectivity index (χ2n) is 2.12. The smallest absolute Gasteiger partial charge is 0.0407 e. The van der Waals surface area contributed by atoms with E-state index in [2.05, 4.69) is 12.6 Å². The van der Waals surface area contributed by atoms with Crippen LogP contribution in [0, 0.1) is 0 Å². The molecular formula is C9H9ClS. The summed E-state index contributed by atoms with van der Waals surface area (Å²) in [6.07, 6.45) is 3.87. The Hall–Kier alpha value is -0.400. The summed E-state index contributed by atoms with van der Waals surface area (Å²) in [5.41, 5.74) is 1.11. The molecule has 11 heavy (non-hydrogen) atoms. The number of benzene rings is 1. The molecule has 1 aromatic rings. The summed E-state index contributed by atoms with van der Waals surface area (Å²) in [4.78, 5) is 0.980. The predicted molar refractivity (Wildman–Crippen MR) is 53.4 cm³/mol. The van der Waals surface area contributed by atoms with E-state index >= 15 is 0 Å². The summed E-state index contributed by atoms with van der Waals surface area (Å²) in [5, 5.41) is 0. The van der Waals surface area contributed by atoms with Gasteiger partial charge in [-0.2, -0.15) is 0 Å². The van der Waals surface area contributed by atoms with Gasteiger partial charge in [0.05, 0.1) is 0 Å². The first-order valence-electron chi connectivity index (χ1n) is 3.35. The Balaban J connectivity index is 2.86. The van der Waals surface area contributed by atoms with Crippen LogP contribution in [0.2, 0.25) is 0 Å². The van der Waals surface area contributed by atoms with Crippen molar-refractivity contribution < 1.29 is 0 Å². The monoisotopic (exact) mass is 184 g/mol. The van der Waals surface area contributed by atoms with Gasteiger partial charge in [0.1, 0.15) is 0 Å². The summed E-state index contributed by atoms with van der Waals surface area (Å²) in [6.45, 7) is 0. The van der Waals surface area contributed by atoms with Crippen LogP contribution in [-0.4, -0.2) is 5.88 Å². The number of hydrogen-bond donors (Lipinski definition) is 1. The van der Waals surface area contributed by atoms with E-state index in [0.29, 0.717) is 5.88 Å². The fourth-order valence-corrected chi connectivity index (χ4v) is 1.12. The third-order valence-electron chi connectivity index (χ3n) is 1.32. The van der Waals surface area contributed by atoms with Crippen LogP contribution in [0.1, 0.15) is 5.56 Å². The van der Waals surface area contributed by atoms with E-state index in [4.69, 9.17) is 11.6 Å². The summed E-state index contributed by atoms with van der Waals surface area (Å²) in [5.74, 6) is 0.544. The molecular weight excluding hydrogens is 176 g/mol. The van der Waals surface area contributed by atoms with Crippen LogP contribution in [0.15, 0.2) is 35.2 Å². The van der Waals surface area contributed by atoms with Gasteiger partial charge >= 0.3 is 0 Å². The highest BCUT2D eigenvalue weighted by Crippen LogP contribution is 2.13. The highest BCUT2D eigenvalue weighted by atomic mass is 35.5. The van der Waals surface area contributed by atoms with Crippen LogP contribution >= 0.6 is 24.2 Å². The molecule has 0 heterocycles. The zero-order valence-corrected chi connectivity index (χ0v) is 7.65. The minimum Gasteiger partial charge on any atom is -0.143 e. The maximum atomic E-state index is 5.49. The number of alkyl halides is 1. The first kappa shape index (κ1) is 8.69. The van der Waals surface area contributed by atoms with Crippen molar-refractivity contribution in [2.24, 2.45) is 0 Å². The summed E-state index contributed by atoms with van der Waals surface area (Å²) in [7, 11) is 0. The first-order valence-corrected chi connectivity index (χ1v) is 4.33. The van der Waals surface area contributed by atoms with Crippen molar-refractivity contribution in [1.29, 1.82) is 0 Å². The minimum atomic E-state index is 0.544. The van der Waals surface area contributed by atoms with Crippen LogP contribution in [-0.2, 0) is 0 Å². The molecule has 58 valence electrons. The average Bonchev–Trinajstić information content (AvgIpc) is 2.03. The van der Waals surface area contributed by atoms with E-state index in [9.17, 15) is 0 Å². The van der Waals surface area contributed by atoms with Crippen LogP contribution < -0.4 is 0 Å². The lowest BCUT2D eigenvalue weighted by atomic mass is 10.2. The molecule has 0 radical (unpaired) electrons. The molecule has 0 aliphatic carbocycles. The summed E-state index contributed by atoms with van der Waals surface area (Å²) in [6, 6.07) is 7.90. The largest absolute Gasteiger partial charge is 0.143 e. The second kappa shape index (κ2) is 4.47. The third kappa shape index (κ3) is 2.60. The van der Waals surface area contributed by atoms with Crippen LogP contribution in [0.4, 0.5) is 0 Å². The normalized spacial score (nSPS) is 10.7. The maximum Gasteiger partial charge on any atom is 0.0407 e. The molecule has 0 aliphatic rings. The quantitative estimate of drug-likeness (QED) is 0.530. The zero-order valence-electron chi connectivity index (χ0n) is 6.00. The number of halogens is 1. The molecule has 1 aromatic carbocycles. The Labute approximate surface area is 77.3 Å². The van der Waals surface area contributed by atoms with Gasteiger partial charge in [-0.15, -0.1) is 24.2 Å². The van der Waals surface area contributed by atoms with E-state index in [1.165, 1.54) is 0 Å². The number of rotatable bonds is 2. The highest BCUT2D eigenvalue weighted by Gasteiger charge is 1.89. The second-order valence-corrected chi connectivity index (χ2v) is 2.91. The number of hydrogen-bond acceptors (Lipinski definition) is 1. The lowest BCUT2D eigenvalue weighted by Gasteiger charge is -1.95. The Kier molecular flexibility index (Phi) is 3.53. The van der Waals surface area contributed by atoms with Crippen molar-refractivity contribution in [1.82, 2.24) is 0 Å². The Morgan fingerprint density at radius 3 is 2.73 bits per heavy atom. The van der Waals surface area contributed by atoms with E-state index in [-0.39, 0.29) is 0 Å². The molecule has 0 saturated carbocycles. The average molecular weight is 185 g/mol. The SMILES string of the molecule is Sc1ccccc1C=CCCl. The van der Waals surface area contributed by atoms with E-state index < -0.39 is 0 Å². The van der Waals surface area contributed by atoms with E-state index in [0.717, 1.165) is 10.5 Å². The first-order chi connectivity index (χ1) is 5.34. The minimum absolute atomic E-state index is 0.544. The van der Waals surface area contributed by atoms with Gasteiger partial charge in [0.25, 0.3) is 0 Å². The van der Waals surface area contributed by atoms with Crippen molar-refractivity contribution in [3.8, 4) is 0 Å². The lowest BCUT2D eigenvalue weighted by molar-refractivity contribution is 1.43. The molecule has 1 rings (SSSR count). The van der Waals surface area contributed by atoms with Crippen molar-refractivity contribution in [3.63, 3.8) is 0 Å². The molecule has 0 fully saturated rings. The maximum absolute atomic E-state index is 5.49. The zero-order chi connectivity index (χ0) is 8.10. The fraction of sp³-hybridized carbons (Fsp3) is 0.111. The molecule has 0 nitrogen and oxygen atoms in total. The number of thiol groups is 1. The van der Waals surface area contributed by atoms with Crippen molar-refractivity contribution in [2.75, 3.05) is 5.88 Å². The molecule has 0 amide bonds. The molecule has 2 heteroatoms. The van der Waals surface area contributed by atoms with Gasteiger partial charge in [-0.25, -0.2) is 0 Å². The van der Waals surface area contributed by atoms with Crippen molar-refractivity contribution in [2.45, 2.75) is 4.90 Å². The predicted octanol–water partition coefficient (Wildman–Crippen LogP) is 3.23. The molecule has 0 bridgehead atoms. The highest BCUT2D eigenvalue weighted by molar-refractivity contribution is 7.80. The van der Waals surface area contributed by atoms with Gasteiger partial charge in [-0.1, -0.05) is 30.4 Å². The van der Waals surface area contributed by atoms with Gasteiger partial charge < -0.3 is 0 Å². The van der Waals surface area contributed by atoms with Gasteiger partial charge in [0, 0.05) is 10.8 Å². The van der Waals surface area contributed by atoms with Gasteiger partial charge in [0.15, 0.2) is 0 Å². The topological polar surface area (TPSA) is 0 Å². The number of allylic oxidation sites excluding steroid dienone is 1. The fourth-order valence-electron chi connectivity index (χ4n) is 0.800. The van der Waals surface area contributed by atoms with Gasteiger partial charge in [-0.3, -0.25) is 0 Å². The standard InChI is InChI=1S/C9H9ClS/c10-7-3-5-8-4-1-2-6-9(8)11/h1-6,11H,7H2. The van der Waals surface area contributed by atoms with Crippen LogP contribution in [0.25, 0.3) is 6.08 Å². The molecule has 0 spiro atoms. The Bertz CT molecular complexity index is 255. The van der Waals surface area contributed by atoms with E-state index in [1.807, 2.05) is 36.4 Å². The molecule has 0 aromatic heterocycles. The molecule has 0 unspecified atom stereocenters. The summed E-state index contributed by atoms with van der Waals surface area (Å²) < 4.78 is 0. The van der Waals surface area contributed by atoms with Gasteiger partial charge in [-0.05, 0) is 11.6 Å². The van der Waals surface area contributed by atoms with Crippen molar-refractivity contribution >= 4 is 30.3 Å².